The number of piperazine rings is 1. The van der Waals surface area contributed by atoms with Crippen molar-refractivity contribution in [2.45, 2.75) is 19.4 Å². The van der Waals surface area contributed by atoms with Crippen LogP contribution in [0.4, 0.5) is 0 Å². The van der Waals surface area contributed by atoms with Crippen LogP contribution in [0.5, 0.6) is 0 Å². The molecule has 0 aromatic heterocycles. The van der Waals surface area contributed by atoms with Gasteiger partial charge in [-0.15, -0.1) is 0 Å². The van der Waals surface area contributed by atoms with E-state index in [4.69, 9.17) is 4.74 Å². The number of hydrogen-bond donors (Lipinski definition) is 1. The molecular formula is C9H20N2OS. The van der Waals surface area contributed by atoms with E-state index in [-0.39, 0.29) is 5.54 Å². The Hall–Kier alpha value is 0.230. The van der Waals surface area contributed by atoms with E-state index in [0.717, 1.165) is 32.8 Å². The monoisotopic (exact) mass is 204 g/mol. The van der Waals surface area contributed by atoms with Crippen molar-refractivity contribution in [3.8, 4) is 0 Å². The van der Waals surface area contributed by atoms with Gasteiger partial charge in [0.05, 0.1) is 6.61 Å². The highest BCUT2D eigenvalue weighted by Crippen LogP contribution is 2.21. The first-order valence-electron chi connectivity index (χ1n) is 4.74. The molecular weight excluding hydrogens is 184 g/mol. The minimum absolute atomic E-state index is 0.221. The number of methoxy groups -OCH3 is 1. The average molecular weight is 204 g/mol. The van der Waals surface area contributed by atoms with Crippen molar-refractivity contribution in [1.82, 2.24) is 9.21 Å². The lowest BCUT2D eigenvalue weighted by molar-refractivity contribution is 0.0353. The fraction of sp³-hybridized carbons (Fsp3) is 1.00. The molecule has 0 aromatic rings. The predicted molar refractivity (Wildman–Crippen MR) is 58.1 cm³/mol. The first-order chi connectivity index (χ1) is 6.06. The Labute approximate surface area is 86.6 Å². The van der Waals surface area contributed by atoms with Gasteiger partial charge in [0.1, 0.15) is 0 Å². The summed E-state index contributed by atoms with van der Waals surface area (Å²) in [5.74, 6) is 0. The lowest BCUT2D eigenvalue weighted by Gasteiger charge is -2.45. The fourth-order valence-corrected chi connectivity index (χ4v) is 2.22. The Morgan fingerprint density at radius 1 is 1.38 bits per heavy atom. The van der Waals surface area contributed by atoms with Crippen LogP contribution in [0.2, 0.25) is 0 Å². The second kappa shape index (κ2) is 4.64. The molecule has 1 heterocycles. The van der Waals surface area contributed by atoms with E-state index in [1.54, 1.807) is 7.11 Å². The smallest absolute Gasteiger partial charge is 0.0589 e. The van der Waals surface area contributed by atoms with E-state index >= 15 is 0 Å². The quantitative estimate of drug-likeness (QED) is 0.687. The first-order valence-corrected chi connectivity index (χ1v) is 5.14. The Bertz CT molecular complexity index is 162. The van der Waals surface area contributed by atoms with Gasteiger partial charge in [-0.25, -0.2) is 0 Å². The third-order valence-electron chi connectivity index (χ3n) is 2.62. The Kier molecular flexibility index (Phi) is 4.04. The molecule has 0 amide bonds. The molecule has 0 unspecified atom stereocenters. The van der Waals surface area contributed by atoms with Crippen LogP contribution >= 0.6 is 12.8 Å². The molecule has 1 aliphatic heterocycles. The van der Waals surface area contributed by atoms with Gasteiger partial charge < -0.3 is 4.74 Å². The van der Waals surface area contributed by atoms with E-state index in [9.17, 15) is 0 Å². The normalized spacial score (nSPS) is 24.9. The third-order valence-corrected chi connectivity index (χ3v) is 2.96. The van der Waals surface area contributed by atoms with E-state index < -0.39 is 0 Å². The van der Waals surface area contributed by atoms with Gasteiger partial charge in [-0.1, -0.05) is 12.8 Å². The van der Waals surface area contributed by atoms with E-state index in [1.165, 1.54) is 0 Å². The lowest BCUT2D eigenvalue weighted by atomic mass is 10.0. The number of rotatable bonds is 3. The molecule has 4 heteroatoms. The van der Waals surface area contributed by atoms with Crippen LogP contribution < -0.4 is 0 Å². The number of nitrogens with zero attached hydrogens (tertiary/aromatic N) is 2. The zero-order valence-corrected chi connectivity index (χ0v) is 9.68. The SMILES string of the molecule is COCCN1CCN(S)CC1(C)C. The summed E-state index contributed by atoms with van der Waals surface area (Å²) in [4.78, 5) is 2.46. The average Bonchev–Trinajstić information content (AvgIpc) is 2.01. The molecule has 0 aromatic carbocycles. The predicted octanol–water partition coefficient (Wildman–Crippen LogP) is 0.874. The van der Waals surface area contributed by atoms with Crippen molar-refractivity contribution in [1.29, 1.82) is 0 Å². The fourth-order valence-electron chi connectivity index (χ4n) is 1.78. The molecule has 0 spiro atoms. The first kappa shape index (κ1) is 11.3. The summed E-state index contributed by atoms with van der Waals surface area (Å²) in [6.45, 7) is 9.48. The van der Waals surface area contributed by atoms with Gasteiger partial charge in [0.25, 0.3) is 0 Å². The maximum atomic E-state index is 5.09. The van der Waals surface area contributed by atoms with Crippen molar-refractivity contribution in [3.63, 3.8) is 0 Å². The summed E-state index contributed by atoms with van der Waals surface area (Å²) in [7, 11) is 1.75. The number of hydrogen-bond acceptors (Lipinski definition) is 4. The molecule has 0 radical (unpaired) electrons. The standard InChI is InChI=1S/C9H20N2OS/c1-9(2)8-11(13)5-4-10(9)6-7-12-3/h13H,4-8H2,1-3H3. The zero-order chi connectivity index (χ0) is 9.90. The second-order valence-corrected chi connectivity index (χ2v) is 4.75. The van der Waals surface area contributed by atoms with Gasteiger partial charge in [-0.05, 0) is 13.8 Å². The van der Waals surface area contributed by atoms with Crippen molar-refractivity contribution < 1.29 is 4.74 Å². The molecule has 78 valence electrons. The highest BCUT2D eigenvalue weighted by atomic mass is 32.1. The van der Waals surface area contributed by atoms with E-state index in [0.29, 0.717) is 0 Å². The van der Waals surface area contributed by atoms with Crippen LogP contribution in [0.3, 0.4) is 0 Å². The number of ether oxygens (including phenoxy) is 1. The molecule has 1 aliphatic rings. The van der Waals surface area contributed by atoms with Crippen LogP contribution in [0.1, 0.15) is 13.8 Å². The van der Waals surface area contributed by atoms with E-state index in [1.807, 2.05) is 0 Å². The topological polar surface area (TPSA) is 15.7 Å². The molecule has 0 saturated carbocycles. The highest BCUT2D eigenvalue weighted by Gasteiger charge is 2.31. The summed E-state index contributed by atoms with van der Waals surface area (Å²) >= 11 is 4.38. The van der Waals surface area contributed by atoms with E-state index in [2.05, 4.69) is 35.9 Å². The molecule has 1 rings (SSSR count). The van der Waals surface area contributed by atoms with Gasteiger partial charge in [0.2, 0.25) is 0 Å². The minimum atomic E-state index is 0.221. The van der Waals surface area contributed by atoms with Gasteiger partial charge in [-0.2, -0.15) is 0 Å². The molecule has 0 aliphatic carbocycles. The lowest BCUT2D eigenvalue weighted by Crippen LogP contribution is -2.57. The van der Waals surface area contributed by atoms with Gasteiger partial charge in [-0.3, -0.25) is 9.21 Å². The van der Waals surface area contributed by atoms with Crippen LogP contribution in [0.25, 0.3) is 0 Å². The van der Waals surface area contributed by atoms with Crippen LogP contribution in [0.15, 0.2) is 0 Å². The zero-order valence-electron chi connectivity index (χ0n) is 8.79. The van der Waals surface area contributed by atoms with Crippen LogP contribution in [-0.2, 0) is 4.74 Å². The molecule has 0 N–H and O–H groups in total. The summed E-state index contributed by atoms with van der Waals surface area (Å²) in [6, 6.07) is 0. The molecule has 0 bridgehead atoms. The molecule has 1 fully saturated rings. The molecule has 13 heavy (non-hydrogen) atoms. The van der Waals surface area contributed by atoms with Crippen molar-refractivity contribution in [2.24, 2.45) is 0 Å². The maximum absolute atomic E-state index is 5.09. The minimum Gasteiger partial charge on any atom is -0.383 e. The Morgan fingerprint density at radius 3 is 2.62 bits per heavy atom. The second-order valence-electron chi connectivity index (χ2n) is 4.18. The third kappa shape index (κ3) is 3.13. The Morgan fingerprint density at radius 2 is 2.08 bits per heavy atom. The summed E-state index contributed by atoms with van der Waals surface area (Å²) in [5, 5.41) is 0. The highest BCUT2D eigenvalue weighted by molar-refractivity contribution is 7.77. The van der Waals surface area contributed by atoms with Gasteiger partial charge in [0.15, 0.2) is 0 Å². The van der Waals surface area contributed by atoms with Crippen LogP contribution in [-0.4, -0.2) is 54.6 Å². The van der Waals surface area contributed by atoms with Gasteiger partial charge in [0, 0.05) is 38.8 Å². The molecule has 3 nitrogen and oxygen atoms in total. The van der Waals surface area contributed by atoms with Crippen LogP contribution in [0, 0.1) is 0 Å². The largest absolute Gasteiger partial charge is 0.383 e. The number of thiol groups is 1. The Balaban J connectivity index is 2.44. The van der Waals surface area contributed by atoms with Crippen molar-refractivity contribution in [3.05, 3.63) is 0 Å². The summed E-state index contributed by atoms with van der Waals surface area (Å²) < 4.78 is 7.18. The summed E-state index contributed by atoms with van der Waals surface area (Å²) in [5.41, 5.74) is 0.221. The molecule has 0 atom stereocenters. The van der Waals surface area contributed by atoms with Gasteiger partial charge >= 0.3 is 0 Å². The molecule has 1 saturated heterocycles. The summed E-state index contributed by atoms with van der Waals surface area (Å²) in [6.07, 6.45) is 0. The van der Waals surface area contributed by atoms with Crippen molar-refractivity contribution >= 4 is 12.8 Å². The van der Waals surface area contributed by atoms with Crippen molar-refractivity contribution in [2.75, 3.05) is 39.9 Å². The maximum Gasteiger partial charge on any atom is 0.0589 e.